The number of anilines is 2. The van der Waals surface area contributed by atoms with Crippen LogP contribution in [0, 0.1) is 13.8 Å². The predicted molar refractivity (Wildman–Crippen MR) is 94.8 cm³/mol. The molecule has 1 heterocycles. The lowest BCUT2D eigenvalue weighted by molar-refractivity contribution is 0.0986. The fraction of sp³-hybridized carbons (Fsp3) is 0.105. The number of amides is 2. The van der Waals surface area contributed by atoms with Crippen molar-refractivity contribution in [2.24, 2.45) is 0 Å². The summed E-state index contributed by atoms with van der Waals surface area (Å²) in [5, 5.41) is 9.22. The Kier molecular flexibility index (Phi) is 4.61. The normalized spacial score (nSPS) is 10.3. The van der Waals surface area contributed by atoms with E-state index in [2.05, 4.69) is 15.8 Å². The zero-order valence-electron chi connectivity index (χ0n) is 13.9. The Morgan fingerprint density at radius 2 is 1.48 bits per heavy atom. The topological polar surface area (TPSA) is 84.2 Å². The third-order valence-electron chi connectivity index (χ3n) is 3.64. The number of carbonyl (C=O) groups excluding carboxylic acids is 2. The van der Waals surface area contributed by atoms with E-state index in [1.807, 2.05) is 25.1 Å². The van der Waals surface area contributed by atoms with E-state index >= 15 is 0 Å². The van der Waals surface area contributed by atoms with Crippen LogP contribution in [-0.2, 0) is 0 Å². The molecule has 0 saturated carbocycles. The maximum atomic E-state index is 12.3. The summed E-state index contributed by atoms with van der Waals surface area (Å²) in [7, 11) is 0. The molecule has 25 heavy (non-hydrogen) atoms. The van der Waals surface area contributed by atoms with Gasteiger partial charge in [0.15, 0.2) is 0 Å². The Bertz CT molecular complexity index is 914. The lowest BCUT2D eigenvalue weighted by Crippen LogP contribution is -2.13. The maximum Gasteiger partial charge on any atom is 0.294 e. The first-order valence-corrected chi connectivity index (χ1v) is 7.74. The fourth-order valence-electron chi connectivity index (χ4n) is 2.33. The van der Waals surface area contributed by atoms with Crippen LogP contribution in [0.5, 0.6) is 0 Å². The number of carbonyl (C=O) groups is 2. The number of aryl methyl sites for hydroxylation is 2. The van der Waals surface area contributed by atoms with Crippen molar-refractivity contribution in [2.75, 3.05) is 10.6 Å². The van der Waals surface area contributed by atoms with Crippen molar-refractivity contribution >= 4 is 23.2 Å². The molecule has 2 N–H and O–H groups in total. The average Bonchev–Trinajstić information content (AvgIpc) is 3.03. The minimum absolute atomic E-state index is 0.148. The number of rotatable bonds is 4. The molecule has 0 atom stereocenters. The molecule has 3 aromatic rings. The second-order valence-corrected chi connectivity index (χ2v) is 5.63. The molecule has 2 aromatic carbocycles. The molecule has 0 aliphatic heterocycles. The molecule has 0 saturated heterocycles. The minimum atomic E-state index is -0.378. The van der Waals surface area contributed by atoms with Gasteiger partial charge in [0.25, 0.3) is 11.8 Å². The van der Waals surface area contributed by atoms with Crippen molar-refractivity contribution in [3.63, 3.8) is 0 Å². The summed E-state index contributed by atoms with van der Waals surface area (Å²) in [5.74, 6) is -0.404. The highest BCUT2D eigenvalue weighted by Crippen LogP contribution is 2.17. The van der Waals surface area contributed by atoms with Gasteiger partial charge in [0, 0.05) is 23.0 Å². The van der Waals surface area contributed by atoms with Gasteiger partial charge in [-0.3, -0.25) is 9.59 Å². The predicted octanol–water partition coefficient (Wildman–Crippen LogP) is 3.80. The molecule has 0 bridgehead atoms. The number of hydrogen-bond donors (Lipinski definition) is 2. The van der Waals surface area contributed by atoms with Gasteiger partial charge in [0.2, 0.25) is 5.76 Å². The molecule has 126 valence electrons. The monoisotopic (exact) mass is 335 g/mol. The van der Waals surface area contributed by atoms with Crippen molar-refractivity contribution in [2.45, 2.75) is 13.8 Å². The molecule has 2 amide bonds. The van der Waals surface area contributed by atoms with Crippen molar-refractivity contribution in [1.82, 2.24) is 5.16 Å². The van der Waals surface area contributed by atoms with E-state index in [0.29, 0.717) is 22.6 Å². The van der Waals surface area contributed by atoms with Crippen LogP contribution in [0.4, 0.5) is 11.4 Å². The molecule has 0 aliphatic carbocycles. The molecule has 0 spiro atoms. The number of hydrogen-bond acceptors (Lipinski definition) is 4. The standard InChI is InChI=1S/C19H17N3O3/c1-12-5-3-4-6-16(12)18(23)20-14-7-9-15(10-8-14)21-19(24)17-11-13(2)22-25-17/h3-11H,1-2H3,(H,20,23)(H,21,24). The van der Waals surface area contributed by atoms with Crippen molar-refractivity contribution < 1.29 is 14.1 Å². The van der Waals surface area contributed by atoms with Crippen LogP contribution in [0.3, 0.4) is 0 Å². The van der Waals surface area contributed by atoms with E-state index in [0.717, 1.165) is 5.56 Å². The van der Waals surface area contributed by atoms with Crippen molar-refractivity contribution in [1.29, 1.82) is 0 Å². The number of aromatic nitrogens is 1. The summed E-state index contributed by atoms with van der Waals surface area (Å²) >= 11 is 0. The lowest BCUT2D eigenvalue weighted by Gasteiger charge is -2.08. The van der Waals surface area contributed by atoms with Crippen LogP contribution < -0.4 is 10.6 Å². The zero-order chi connectivity index (χ0) is 17.8. The number of nitrogens with zero attached hydrogens (tertiary/aromatic N) is 1. The minimum Gasteiger partial charge on any atom is -0.351 e. The first kappa shape index (κ1) is 16.4. The van der Waals surface area contributed by atoms with Gasteiger partial charge in [0.05, 0.1) is 5.69 Å². The molecular formula is C19H17N3O3. The molecule has 1 aromatic heterocycles. The first-order chi connectivity index (χ1) is 12.0. The molecule has 0 radical (unpaired) electrons. The van der Waals surface area contributed by atoms with E-state index in [-0.39, 0.29) is 17.6 Å². The largest absolute Gasteiger partial charge is 0.351 e. The average molecular weight is 335 g/mol. The highest BCUT2D eigenvalue weighted by molar-refractivity contribution is 6.05. The van der Waals surface area contributed by atoms with Crippen LogP contribution >= 0.6 is 0 Å². The summed E-state index contributed by atoms with van der Waals surface area (Å²) in [5.41, 5.74) is 3.40. The summed E-state index contributed by atoms with van der Waals surface area (Å²) in [4.78, 5) is 24.3. The second-order valence-electron chi connectivity index (χ2n) is 5.63. The lowest BCUT2D eigenvalue weighted by atomic mass is 10.1. The summed E-state index contributed by atoms with van der Waals surface area (Å²) in [6.07, 6.45) is 0. The van der Waals surface area contributed by atoms with Crippen LogP contribution in [0.1, 0.15) is 32.2 Å². The Labute approximate surface area is 144 Å². The Morgan fingerprint density at radius 1 is 0.880 bits per heavy atom. The molecule has 3 rings (SSSR count). The maximum absolute atomic E-state index is 12.3. The van der Waals surface area contributed by atoms with Gasteiger partial charge in [-0.2, -0.15) is 0 Å². The third-order valence-corrected chi connectivity index (χ3v) is 3.64. The van der Waals surface area contributed by atoms with Crippen LogP contribution in [0.2, 0.25) is 0 Å². The summed E-state index contributed by atoms with van der Waals surface area (Å²) < 4.78 is 4.92. The molecular weight excluding hydrogens is 318 g/mol. The number of nitrogens with one attached hydrogen (secondary N) is 2. The molecule has 6 nitrogen and oxygen atoms in total. The second kappa shape index (κ2) is 7.00. The van der Waals surface area contributed by atoms with E-state index < -0.39 is 0 Å². The van der Waals surface area contributed by atoms with Crippen LogP contribution in [0.15, 0.2) is 59.1 Å². The fourth-order valence-corrected chi connectivity index (χ4v) is 2.33. The van der Waals surface area contributed by atoms with Gasteiger partial charge in [-0.1, -0.05) is 23.4 Å². The van der Waals surface area contributed by atoms with Crippen LogP contribution in [0.25, 0.3) is 0 Å². The van der Waals surface area contributed by atoms with E-state index in [9.17, 15) is 9.59 Å². The van der Waals surface area contributed by atoms with Crippen LogP contribution in [-0.4, -0.2) is 17.0 Å². The van der Waals surface area contributed by atoms with Gasteiger partial charge >= 0.3 is 0 Å². The molecule has 0 aliphatic rings. The van der Waals surface area contributed by atoms with Gasteiger partial charge < -0.3 is 15.2 Å². The highest BCUT2D eigenvalue weighted by Gasteiger charge is 2.12. The SMILES string of the molecule is Cc1cc(C(=O)Nc2ccc(NC(=O)c3ccccc3C)cc2)on1. The van der Waals surface area contributed by atoms with E-state index in [4.69, 9.17) is 4.52 Å². The smallest absolute Gasteiger partial charge is 0.294 e. The summed E-state index contributed by atoms with van der Waals surface area (Å²) in [6, 6.07) is 15.8. The summed E-state index contributed by atoms with van der Waals surface area (Å²) in [6.45, 7) is 3.63. The van der Waals surface area contributed by atoms with E-state index in [1.165, 1.54) is 0 Å². The Balaban J connectivity index is 1.65. The molecule has 0 fully saturated rings. The zero-order valence-corrected chi connectivity index (χ0v) is 13.9. The van der Waals surface area contributed by atoms with Gasteiger partial charge in [-0.05, 0) is 49.7 Å². The Morgan fingerprint density at radius 3 is 2.04 bits per heavy atom. The van der Waals surface area contributed by atoms with Crippen molar-refractivity contribution in [3.05, 3.63) is 77.2 Å². The third kappa shape index (κ3) is 3.92. The first-order valence-electron chi connectivity index (χ1n) is 7.74. The number of benzene rings is 2. The highest BCUT2D eigenvalue weighted by atomic mass is 16.5. The van der Waals surface area contributed by atoms with Gasteiger partial charge in [-0.25, -0.2) is 0 Å². The van der Waals surface area contributed by atoms with Gasteiger partial charge in [-0.15, -0.1) is 0 Å². The molecule has 0 unspecified atom stereocenters. The Hall–Kier alpha value is -3.41. The van der Waals surface area contributed by atoms with E-state index in [1.54, 1.807) is 43.3 Å². The quantitative estimate of drug-likeness (QED) is 0.759. The van der Waals surface area contributed by atoms with Gasteiger partial charge in [0.1, 0.15) is 0 Å². The molecule has 6 heteroatoms. The van der Waals surface area contributed by atoms with Crippen molar-refractivity contribution in [3.8, 4) is 0 Å².